The quantitative estimate of drug-likeness (QED) is 0.617. The van der Waals surface area contributed by atoms with Crippen molar-refractivity contribution in [1.82, 2.24) is 0 Å². The fourth-order valence-electron chi connectivity index (χ4n) is 1.54. The molecule has 0 saturated heterocycles. The first-order chi connectivity index (χ1) is 5.77. The van der Waals surface area contributed by atoms with Crippen LogP contribution in [0, 0.1) is 3.57 Å². The maximum Gasteiger partial charge on any atom is 0.0449 e. The van der Waals surface area contributed by atoms with Gasteiger partial charge in [0, 0.05) is 9.26 Å². The van der Waals surface area contributed by atoms with E-state index in [4.69, 9.17) is 5.73 Å². The van der Waals surface area contributed by atoms with Crippen LogP contribution in [0.1, 0.15) is 30.7 Å². The van der Waals surface area contributed by atoms with Crippen molar-refractivity contribution in [2.45, 2.75) is 25.2 Å². The summed E-state index contributed by atoms with van der Waals surface area (Å²) in [6, 6.07) is 6.41. The van der Waals surface area contributed by atoms with Crippen molar-refractivity contribution in [2.24, 2.45) is 0 Å². The molecule has 1 aliphatic carbocycles. The highest BCUT2D eigenvalue weighted by molar-refractivity contribution is 14.1. The van der Waals surface area contributed by atoms with Crippen molar-refractivity contribution in [3.05, 3.63) is 27.3 Å². The molecule has 2 heteroatoms. The van der Waals surface area contributed by atoms with Gasteiger partial charge >= 0.3 is 0 Å². The average molecular weight is 273 g/mol. The number of nitrogens with two attached hydrogens (primary N) is 1. The fourth-order valence-corrected chi connectivity index (χ4v) is 2.08. The third-order valence-corrected chi connectivity index (χ3v) is 3.54. The summed E-state index contributed by atoms with van der Waals surface area (Å²) in [6.07, 6.45) is 4.12. The summed E-state index contributed by atoms with van der Waals surface area (Å²) in [4.78, 5) is 0. The van der Waals surface area contributed by atoms with E-state index in [1.165, 1.54) is 28.4 Å². The Hall–Kier alpha value is -0.250. The molecule has 64 valence electrons. The van der Waals surface area contributed by atoms with Crippen molar-refractivity contribution in [1.29, 1.82) is 0 Å². The summed E-state index contributed by atoms with van der Waals surface area (Å²) >= 11 is 2.30. The number of hydrogen-bond acceptors (Lipinski definition) is 1. The molecule has 1 fully saturated rings. The number of nitrogen functional groups attached to an aromatic ring is 1. The second kappa shape index (κ2) is 3.24. The molecule has 1 aromatic carbocycles. The highest BCUT2D eigenvalue weighted by atomic mass is 127. The second-order valence-electron chi connectivity index (χ2n) is 3.41. The van der Waals surface area contributed by atoms with Crippen LogP contribution in [-0.2, 0) is 0 Å². The van der Waals surface area contributed by atoms with Gasteiger partial charge in [-0.15, -0.1) is 0 Å². The van der Waals surface area contributed by atoms with Crippen LogP contribution in [-0.4, -0.2) is 0 Å². The largest absolute Gasteiger partial charge is 0.398 e. The van der Waals surface area contributed by atoms with Gasteiger partial charge in [0.15, 0.2) is 0 Å². The van der Waals surface area contributed by atoms with E-state index in [1.54, 1.807) is 0 Å². The minimum Gasteiger partial charge on any atom is -0.398 e. The Morgan fingerprint density at radius 3 is 2.58 bits per heavy atom. The van der Waals surface area contributed by atoms with Gasteiger partial charge in [0.2, 0.25) is 0 Å². The first-order valence-corrected chi connectivity index (χ1v) is 5.40. The lowest BCUT2D eigenvalue weighted by atomic mass is 9.80. The predicted octanol–water partition coefficient (Wildman–Crippen LogP) is 3.14. The Morgan fingerprint density at radius 2 is 2.08 bits per heavy atom. The van der Waals surface area contributed by atoms with Crippen LogP contribution in [0.2, 0.25) is 0 Å². The monoisotopic (exact) mass is 273 g/mol. The molecule has 1 aromatic rings. The van der Waals surface area contributed by atoms with Gasteiger partial charge in [-0.3, -0.25) is 0 Å². The van der Waals surface area contributed by atoms with E-state index in [-0.39, 0.29) is 0 Å². The van der Waals surface area contributed by atoms with E-state index in [0.717, 1.165) is 11.6 Å². The summed E-state index contributed by atoms with van der Waals surface area (Å²) in [5.41, 5.74) is 8.11. The molecular weight excluding hydrogens is 261 g/mol. The van der Waals surface area contributed by atoms with E-state index >= 15 is 0 Å². The van der Waals surface area contributed by atoms with Crippen LogP contribution >= 0.6 is 22.6 Å². The maximum atomic E-state index is 5.74. The van der Waals surface area contributed by atoms with Gasteiger partial charge in [0.25, 0.3) is 0 Å². The average Bonchev–Trinajstić information content (AvgIpc) is 1.93. The van der Waals surface area contributed by atoms with Crippen LogP contribution in [0.15, 0.2) is 18.2 Å². The molecule has 2 rings (SSSR count). The third-order valence-electron chi connectivity index (χ3n) is 2.60. The first kappa shape index (κ1) is 8.35. The Labute approximate surface area is 86.5 Å². The Morgan fingerprint density at radius 1 is 1.33 bits per heavy atom. The van der Waals surface area contributed by atoms with Crippen LogP contribution in [0.25, 0.3) is 0 Å². The van der Waals surface area contributed by atoms with Crippen molar-refractivity contribution in [2.75, 3.05) is 5.73 Å². The molecule has 0 radical (unpaired) electrons. The summed E-state index contributed by atoms with van der Waals surface area (Å²) < 4.78 is 1.19. The molecule has 0 spiro atoms. The van der Waals surface area contributed by atoms with Crippen molar-refractivity contribution in [3.63, 3.8) is 0 Å². The number of halogens is 1. The zero-order valence-corrected chi connectivity index (χ0v) is 9.04. The van der Waals surface area contributed by atoms with Crippen LogP contribution < -0.4 is 5.73 Å². The molecule has 0 unspecified atom stereocenters. The third kappa shape index (κ3) is 1.44. The molecule has 1 saturated carbocycles. The van der Waals surface area contributed by atoms with Crippen LogP contribution in [0.5, 0.6) is 0 Å². The lowest BCUT2D eigenvalue weighted by Crippen LogP contribution is -2.08. The molecule has 0 aliphatic heterocycles. The zero-order chi connectivity index (χ0) is 8.55. The van der Waals surface area contributed by atoms with E-state index in [9.17, 15) is 0 Å². The lowest BCUT2D eigenvalue weighted by molar-refractivity contribution is 0.419. The first-order valence-electron chi connectivity index (χ1n) is 4.32. The van der Waals surface area contributed by atoms with Gasteiger partial charge in [-0.2, -0.15) is 0 Å². The summed E-state index contributed by atoms with van der Waals surface area (Å²) in [6.45, 7) is 0. The molecular formula is C10H12IN. The predicted molar refractivity (Wildman–Crippen MR) is 60.2 cm³/mol. The molecule has 12 heavy (non-hydrogen) atoms. The Bertz CT molecular complexity index is 292. The van der Waals surface area contributed by atoms with E-state index < -0.39 is 0 Å². The van der Waals surface area contributed by atoms with Crippen molar-refractivity contribution < 1.29 is 0 Å². The number of hydrogen-bond donors (Lipinski definition) is 1. The normalized spacial score (nSPS) is 17.4. The van der Waals surface area contributed by atoms with Gasteiger partial charge in [-0.25, -0.2) is 0 Å². The second-order valence-corrected chi connectivity index (χ2v) is 4.57. The van der Waals surface area contributed by atoms with Crippen LogP contribution in [0.4, 0.5) is 5.69 Å². The molecule has 0 atom stereocenters. The number of anilines is 1. The Balaban J connectivity index is 2.27. The molecule has 0 heterocycles. The smallest absolute Gasteiger partial charge is 0.0449 e. The van der Waals surface area contributed by atoms with Crippen molar-refractivity contribution in [3.8, 4) is 0 Å². The van der Waals surface area contributed by atoms with Gasteiger partial charge < -0.3 is 5.73 Å². The van der Waals surface area contributed by atoms with Gasteiger partial charge in [0.1, 0.15) is 0 Å². The van der Waals surface area contributed by atoms with Gasteiger partial charge in [-0.1, -0.05) is 12.5 Å². The minimum absolute atomic E-state index is 0.819. The summed E-state index contributed by atoms with van der Waals surface area (Å²) in [5, 5.41) is 0. The van der Waals surface area contributed by atoms with Gasteiger partial charge in [0.05, 0.1) is 0 Å². The van der Waals surface area contributed by atoms with Crippen LogP contribution in [0.3, 0.4) is 0 Å². The Kier molecular flexibility index (Phi) is 2.26. The fraction of sp³-hybridized carbons (Fsp3) is 0.400. The summed E-state index contributed by atoms with van der Waals surface area (Å²) in [7, 11) is 0. The maximum absolute atomic E-state index is 5.74. The standard InChI is InChI=1S/C10H12IN/c11-9-6-8(4-5-10(9)12)7-2-1-3-7/h4-7H,1-3,12H2. The molecule has 0 aromatic heterocycles. The topological polar surface area (TPSA) is 26.0 Å². The number of benzene rings is 1. The van der Waals surface area contributed by atoms with Gasteiger partial charge in [-0.05, 0) is 59.0 Å². The van der Waals surface area contributed by atoms with E-state index in [0.29, 0.717) is 0 Å². The lowest BCUT2D eigenvalue weighted by Gasteiger charge is -2.26. The number of rotatable bonds is 1. The minimum atomic E-state index is 0.819. The highest BCUT2D eigenvalue weighted by Gasteiger charge is 2.19. The molecule has 0 amide bonds. The molecule has 0 bridgehead atoms. The van der Waals surface area contributed by atoms with E-state index in [2.05, 4.69) is 34.7 Å². The molecule has 1 nitrogen and oxygen atoms in total. The van der Waals surface area contributed by atoms with Crippen molar-refractivity contribution >= 4 is 28.3 Å². The highest BCUT2D eigenvalue weighted by Crippen LogP contribution is 2.37. The van der Waals surface area contributed by atoms with E-state index in [1.807, 2.05) is 6.07 Å². The SMILES string of the molecule is Nc1ccc(C2CCC2)cc1I. The molecule has 2 N–H and O–H groups in total. The summed E-state index contributed by atoms with van der Waals surface area (Å²) in [5.74, 6) is 0.819. The molecule has 1 aliphatic rings. The zero-order valence-electron chi connectivity index (χ0n) is 6.89.